The Hall–Kier alpha value is -0.433. The maximum atomic E-state index is 6.14. The normalized spacial score (nSPS) is 11.6. The van der Waals surface area contributed by atoms with Crippen LogP contribution in [0.1, 0.15) is 0 Å². The highest BCUT2D eigenvalue weighted by molar-refractivity contribution is 9.10. The average molecular weight is 349 g/mol. The summed E-state index contributed by atoms with van der Waals surface area (Å²) >= 11 is 9.48. The first kappa shape index (κ1) is 14.0. The molecular weight excluding hydrogens is 334 g/mol. The molecule has 18 heavy (non-hydrogen) atoms. The van der Waals surface area contributed by atoms with Crippen molar-refractivity contribution in [2.24, 2.45) is 0 Å². The molecule has 0 aliphatic rings. The molecule has 0 atom stereocenters. The standard InChI is InChI=1S/C11H15BrClN3OSi/c1-18(2)4-3-17-7-16-6-15-10-9(13)8(12)5-14-11(10)16/h5-6,18H,3-4,7H2,1-2H3. The van der Waals surface area contributed by atoms with Crippen LogP contribution in [0.15, 0.2) is 17.0 Å². The van der Waals surface area contributed by atoms with Gasteiger partial charge in [0.05, 0.1) is 15.8 Å². The van der Waals surface area contributed by atoms with Crippen molar-refractivity contribution in [1.82, 2.24) is 14.5 Å². The number of aromatic nitrogens is 3. The number of nitrogens with zero attached hydrogens (tertiary/aromatic N) is 3. The van der Waals surface area contributed by atoms with E-state index in [0.29, 0.717) is 17.3 Å². The molecule has 2 aromatic heterocycles. The van der Waals surface area contributed by atoms with Gasteiger partial charge in [-0.2, -0.15) is 0 Å². The highest BCUT2D eigenvalue weighted by Gasteiger charge is 2.10. The molecule has 0 aliphatic heterocycles. The van der Waals surface area contributed by atoms with E-state index in [0.717, 1.165) is 16.7 Å². The fourth-order valence-electron chi connectivity index (χ4n) is 1.53. The summed E-state index contributed by atoms with van der Waals surface area (Å²) < 4.78 is 8.26. The van der Waals surface area contributed by atoms with Crippen LogP contribution in [0.3, 0.4) is 0 Å². The fraction of sp³-hybridized carbons (Fsp3) is 0.455. The van der Waals surface area contributed by atoms with Crippen molar-refractivity contribution in [3.63, 3.8) is 0 Å². The molecule has 4 nitrogen and oxygen atoms in total. The third-order valence-electron chi connectivity index (χ3n) is 2.60. The van der Waals surface area contributed by atoms with Gasteiger partial charge in [0.25, 0.3) is 0 Å². The van der Waals surface area contributed by atoms with Crippen molar-refractivity contribution in [1.29, 1.82) is 0 Å². The van der Waals surface area contributed by atoms with Crippen LogP contribution in [0, 0.1) is 0 Å². The van der Waals surface area contributed by atoms with Crippen molar-refractivity contribution in [2.45, 2.75) is 25.9 Å². The first-order valence-electron chi connectivity index (χ1n) is 5.82. The largest absolute Gasteiger partial charge is 0.361 e. The minimum atomic E-state index is -0.538. The molecule has 0 bridgehead atoms. The molecule has 2 heterocycles. The van der Waals surface area contributed by atoms with Crippen LogP contribution in [-0.4, -0.2) is 29.9 Å². The summed E-state index contributed by atoms with van der Waals surface area (Å²) in [6.07, 6.45) is 3.40. The molecule has 0 aromatic carbocycles. The number of pyridine rings is 1. The van der Waals surface area contributed by atoms with Crippen LogP contribution in [0.5, 0.6) is 0 Å². The van der Waals surface area contributed by atoms with Gasteiger partial charge in [-0.05, 0) is 22.0 Å². The molecule has 0 fully saturated rings. The second-order valence-electron chi connectivity index (χ2n) is 4.53. The van der Waals surface area contributed by atoms with Crippen molar-refractivity contribution >= 4 is 47.5 Å². The Labute approximate surface area is 121 Å². The van der Waals surface area contributed by atoms with Gasteiger partial charge in [-0.3, -0.25) is 4.57 Å². The van der Waals surface area contributed by atoms with E-state index in [1.807, 2.05) is 4.57 Å². The number of fused-ring (bicyclic) bond motifs is 1. The summed E-state index contributed by atoms with van der Waals surface area (Å²) in [5.74, 6) is 0. The minimum absolute atomic E-state index is 0.475. The smallest absolute Gasteiger partial charge is 0.163 e. The molecular formula is C11H15BrClN3OSi. The highest BCUT2D eigenvalue weighted by atomic mass is 79.9. The fourth-order valence-corrected chi connectivity index (χ4v) is 2.64. The van der Waals surface area contributed by atoms with Gasteiger partial charge in [0, 0.05) is 21.6 Å². The molecule has 2 aromatic rings. The average Bonchev–Trinajstić information content (AvgIpc) is 2.73. The second kappa shape index (κ2) is 6.14. The Bertz CT molecular complexity index is 546. The third-order valence-corrected chi connectivity index (χ3v) is 5.20. The third kappa shape index (κ3) is 3.11. The molecule has 0 saturated carbocycles. The number of rotatable bonds is 5. The monoisotopic (exact) mass is 347 g/mol. The van der Waals surface area contributed by atoms with Crippen molar-refractivity contribution in [3.05, 3.63) is 22.0 Å². The van der Waals surface area contributed by atoms with Crippen molar-refractivity contribution < 1.29 is 4.74 Å². The quantitative estimate of drug-likeness (QED) is 0.615. The lowest BCUT2D eigenvalue weighted by molar-refractivity contribution is 0.0898. The number of hydrogen-bond acceptors (Lipinski definition) is 3. The van der Waals surface area contributed by atoms with Gasteiger partial charge in [-0.1, -0.05) is 24.7 Å². The van der Waals surface area contributed by atoms with Crippen LogP contribution in [0.2, 0.25) is 24.2 Å². The lowest BCUT2D eigenvalue weighted by atomic mass is 10.4. The van der Waals surface area contributed by atoms with Crippen LogP contribution < -0.4 is 0 Å². The molecule has 0 saturated heterocycles. The lowest BCUT2D eigenvalue weighted by Gasteiger charge is -2.07. The van der Waals surface area contributed by atoms with E-state index in [-0.39, 0.29) is 0 Å². The summed E-state index contributed by atoms with van der Waals surface area (Å²) in [5, 5.41) is 0.591. The van der Waals surface area contributed by atoms with E-state index in [1.165, 1.54) is 6.04 Å². The van der Waals surface area contributed by atoms with E-state index in [4.69, 9.17) is 16.3 Å². The van der Waals surface area contributed by atoms with Crippen molar-refractivity contribution in [2.75, 3.05) is 6.61 Å². The minimum Gasteiger partial charge on any atom is -0.361 e. The van der Waals surface area contributed by atoms with Crippen molar-refractivity contribution in [3.8, 4) is 0 Å². The first-order valence-corrected chi connectivity index (χ1v) is 10.1. The van der Waals surface area contributed by atoms with E-state index < -0.39 is 8.80 Å². The lowest BCUT2D eigenvalue weighted by Crippen LogP contribution is -2.08. The molecule has 0 amide bonds. The molecule has 2 rings (SSSR count). The number of halogens is 2. The van der Waals surface area contributed by atoms with Crippen LogP contribution >= 0.6 is 27.5 Å². The summed E-state index contributed by atoms with van der Waals surface area (Å²) in [6.45, 7) is 5.90. The Morgan fingerprint density at radius 3 is 2.94 bits per heavy atom. The zero-order valence-electron chi connectivity index (χ0n) is 10.4. The summed E-state index contributed by atoms with van der Waals surface area (Å²) in [6, 6.07) is 1.19. The molecule has 0 spiro atoms. The van der Waals surface area contributed by atoms with E-state index >= 15 is 0 Å². The van der Waals surface area contributed by atoms with Crippen LogP contribution in [0.4, 0.5) is 0 Å². The number of hydrogen-bond donors (Lipinski definition) is 0. The Balaban J connectivity index is 2.08. The molecule has 0 radical (unpaired) electrons. The maximum Gasteiger partial charge on any atom is 0.163 e. The SMILES string of the molecule is C[SiH](C)CCOCn1cnc2c(Cl)c(Br)cnc21. The number of imidazole rings is 1. The first-order chi connectivity index (χ1) is 8.59. The van der Waals surface area contributed by atoms with Gasteiger partial charge in [0.2, 0.25) is 0 Å². The zero-order chi connectivity index (χ0) is 13.1. The Morgan fingerprint density at radius 1 is 1.44 bits per heavy atom. The van der Waals surface area contributed by atoms with E-state index in [9.17, 15) is 0 Å². The summed E-state index contributed by atoms with van der Waals surface area (Å²) in [5.41, 5.74) is 1.46. The predicted molar refractivity (Wildman–Crippen MR) is 79.9 cm³/mol. The molecule has 98 valence electrons. The van der Waals surface area contributed by atoms with E-state index in [1.54, 1.807) is 12.5 Å². The number of ether oxygens (including phenoxy) is 1. The van der Waals surface area contributed by atoms with Gasteiger partial charge >= 0.3 is 0 Å². The Morgan fingerprint density at radius 2 is 2.22 bits per heavy atom. The van der Waals surface area contributed by atoms with Crippen LogP contribution in [-0.2, 0) is 11.5 Å². The summed E-state index contributed by atoms with van der Waals surface area (Å²) in [4.78, 5) is 8.57. The molecule has 0 aliphatic carbocycles. The Kier molecular flexibility index (Phi) is 4.77. The summed E-state index contributed by atoms with van der Waals surface area (Å²) in [7, 11) is -0.538. The van der Waals surface area contributed by atoms with Gasteiger partial charge in [-0.15, -0.1) is 0 Å². The molecule has 7 heteroatoms. The van der Waals surface area contributed by atoms with Gasteiger partial charge in [0.15, 0.2) is 5.65 Å². The molecule has 0 unspecified atom stereocenters. The van der Waals surface area contributed by atoms with Gasteiger partial charge in [0.1, 0.15) is 12.2 Å². The second-order valence-corrected chi connectivity index (χ2v) is 9.12. The highest BCUT2D eigenvalue weighted by Crippen LogP contribution is 2.28. The van der Waals surface area contributed by atoms with Crippen LogP contribution in [0.25, 0.3) is 11.2 Å². The topological polar surface area (TPSA) is 39.9 Å². The predicted octanol–water partition coefficient (Wildman–Crippen LogP) is 3.31. The van der Waals surface area contributed by atoms with Gasteiger partial charge < -0.3 is 4.74 Å². The zero-order valence-corrected chi connectivity index (χ0v) is 13.9. The maximum absolute atomic E-state index is 6.14. The van der Waals surface area contributed by atoms with Gasteiger partial charge in [-0.25, -0.2) is 9.97 Å². The van der Waals surface area contributed by atoms with E-state index in [2.05, 4.69) is 39.0 Å². The molecule has 0 N–H and O–H groups in total.